The van der Waals surface area contributed by atoms with Crippen molar-refractivity contribution in [1.82, 2.24) is 5.32 Å². The summed E-state index contributed by atoms with van der Waals surface area (Å²) in [6.45, 7) is 10.6. The molecule has 0 bridgehead atoms. The van der Waals surface area contributed by atoms with Gasteiger partial charge in [0, 0.05) is 0 Å². The molecule has 0 spiro atoms. The SMILES string of the molecule is CC(C)[C@@H](COCc1ccccc1)C[C@@H](C=O)NC(=O)OC(C)(C)C. The Balaban J connectivity index is 2.50. The lowest BCUT2D eigenvalue weighted by Gasteiger charge is -2.26. The molecule has 0 radical (unpaired) electrons. The number of nitrogens with one attached hydrogen (secondary N) is 1. The maximum Gasteiger partial charge on any atom is 0.408 e. The van der Waals surface area contributed by atoms with Crippen molar-refractivity contribution in [3.05, 3.63) is 35.9 Å². The summed E-state index contributed by atoms with van der Waals surface area (Å²) in [7, 11) is 0. The van der Waals surface area contributed by atoms with Crippen LogP contribution in [0.1, 0.15) is 46.6 Å². The van der Waals surface area contributed by atoms with Gasteiger partial charge in [0.2, 0.25) is 0 Å². The van der Waals surface area contributed by atoms with Crippen molar-refractivity contribution in [2.24, 2.45) is 11.8 Å². The van der Waals surface area contributed by atoms with Crippen LogP contribution in [0.5, 0.6) is 0 Å². The van der Waals surface area contributed by atoms with Crippen molar-refractivity contribution in [1.29, 1.82) is 0 Å². The van der Waals surface area contributed by atoms with Gasteiger partial charge in [-0.2, -0.15) is 0 Å². The minimum atomic E-state index is -0.590. The van der Waals surface area contributed by atoms with Crippen LogP contribution in [0.2, 0.25) is 0 Å². The maximum atomic E-state index is 11.9. The normalized spacial score (nSPS) is 14.0. The van der Waals surface area contributed by atoms with Gasteiger partial charge >= 0.3 is 6.09 Å². The van der Waals surface area contributed by atoms with Crippen LogP contribution in [0.4, 0.5) is 4.79 Å². The molecule has 140 valence electrons. The molecule has 0 aliphatic rings. The quantitative estimate of drug-likeness (QED) is 0.686. The highest BCUT2D eigenvalue weighted by molar-refractivity contribution is 5.73. The third-order valence-electron chi connectivity index (χ3n) is 3.81. The van der Waals surface area contributed by atoms with E-state index in [-0.39, 0.29) is 5.92 Å². The average Bonchev–Trinajstić information content (AvgIpc) is 2.52. The van der Waals surface area contributed by atoms with Crippen molar-refractivity contribution in [2.45, 2.75) is 59.3 Å². The first-order chi connectivity index (χ1) is 11.7. The molecule has 2 atom stereocenters. The Labute approximate surface area is 151 Å². The van der Waals surface area contributed by atoms with Crippen LogP contribution in [0.15, 0.2) is 30.3 Å². The fraction of sp³-hybridized carbons (Fsp3) is 0.600. The molecule has 5 nitrogen and oxygen atoms in total. The number of benzene rings is 1. The zero-order valence-electron chi connectivity index (χ0n) is 16.0. The molecule has 1 rings (SSSR count). The van der Waals surface area contributed by atoms with Gasteiger partial charge in [-0.1, -0.05) is 44.2 Å². The van der Waals surface area contributed by atoms with E-state index in [2.05, 4.69) is 19.2 Å². The van der Waals surface area contributed by atoms with E-state index in [1.807, 2.05) is 30.3 Å². The minimum Gasteiger partial charge on any atom is -0.444 e. The van der Waals surface area contributed by atoms with E-state index in [9.17, 15) is 9.59 Å². The van der Waals surface area contributed by atoms with Crippen LogP contribution >= 0.6 is 0 Å². The van der Waals surface area contributed by atoms with Crippen LogP contribution in [-0.2, 0) is 20.9 Å². The Morgan fingerprint density at radius 3 is 2.36 bits per heavy atom. The molecule has 0 unspecified atom stereocenters. The molecular weight excluding hydrogens is 318 g/mol. The highest BCUT2D eigenvalue weighted by Gasteiger charge is 2.23. The molecule has 1 aromatic rings. The smallest absolute Gasteiger partial charge is 0.408 e. The largest absolute Gasteiger partial charge is 0.444 e. The molecule has 0 fully saturated rings. The van der Waals surface area contributed by atoms with E-state index in [0.717, 1.165) is 11.8 Å². The van der Waals surface area contributed by atoms with Crippen LogP contribution in [0.25, 0.3) is 0 Å². The Morgan fingerprint density at radius 1 is 1.20 bits per heavy atom. The van der Waals surface area contributed by atoms with Crippen molar-refractivity contribution in [3.63, 3.8) is 0 Å². The lowest BCUT2D eigenvalue weighted by atomic mass is 9.90. The second-order valence-electron chi connectivity index (χ2n) is 7.63. The summed E-state index contributed by atoms with van der Waals surface area (Å²) in [6.07, 6.45) is 0.711. The molecule has 0 aromatic heterocycles. The molecular formula is C20H31NO4. The maximum absolute atomic E-state index is 11.9. The van der Waals surface area contributed by atoms with Crippen LogP contribution in [0, 0.1) is 11.8 Å². The molecule has 0 heterocycles. The number of amides is 1. The fourth-order valence-corrected chi connectivity index (χ4v) is 2.37. The second kappa shape index (κ2) is 10.2. The topological polar surface area (TPSA) is 64.6 Å². The lowest BCUT2D eigenvalue weighted by Crippen LogP contribution is -2.41. The Bertz CT molecular complexity index is 522. The molecule has 0 aliphatic heterocycles. The van der Waals surface area contributed by atoms with E-state index < -0.39 is 17.7 Å². The number of hydrogen-bond acceptors (Lipinski definition) is 4. The summed E-state index contributed by atoms with van der Waals surface area (Å²) in [5.74, 6) is 0.493. The summed E-state index contributed by atoms with van der Waals surface area (Å²) in [6, 6.07) is 9.38. The molecule has 1 N–H and O–H groups in total. The third kappa shape index (κ3) is 9.25. The summed E-state index contributed by atoms with van der Waals surface area (Å²) >= 11 is 0. The minimum absolute atomic E-state index is 0.161. The van der Waals surface area contributed by atoms with Gasteiger partial charge in [-0.15, -0.1) is 0 Å². The highest BCUT2D eigenvalue weighted by atomic mass is 16.6. The standard InChI is InChI=1S/C20H31NO4/c1-15(2)17(14-24-13-16-9-7-6-8-10-16)11-18(12-22)21-19(23)25-20(3,4)5/h6-10,12,15,17-18H,11,13-14H2,1-5H3,(H,21,23)/t17-,18+/m1/s1. The molecule has 0 aliphatic carbocycles. The van der Waals surface area contributed by atoms with Crippen molar-refractivity contribution in [3.8, 4) is 0 Å². The molecule has 1 amide bonds. The second-order valence-corrected chi connectivity index (χ2v) is 7.63. The van der Waals surface area contributed by atoms with Crippen LogP contribution in [0.3, 0.4) is 0 Å². The van der Waals surface area contributed by atoms with E-state index in [4.69, 9.17) is 9.47 Å². The van der Waals surface area contributed by atoms with Gasteiger partial charge in [-0.05, 0) is 44.6 Å². The number of aldehydes is 1. The van der Waals surface area contributed by atoms with Gasteiger partial charge in [0.1, 0.15) is 11.9 Å². The van der Waals surface area contributed by atoms with E-state index in [0.29, 0.717) is 25.6 Å². The summed E-state index contributed by atoms with van der Waals surface area (Å²) in [5.41, 5.74) is 0.525. The van der Waals surface area contributed by atoms with Gasteiger partial charge < -0.3 is 19.6 Å². The van der Waals surface area contributed by atoms with Crippen LogP contribution < -0.4 is 5.32 Å². The number of carbonyl (C=O) groups is 2. The first-order valence-electron chi connectivity index (χ1n) is 8.77. The summed E-state index contributed by atoms with van der Waals surface area (Å²) < 4.78 is 11.0. The first-order valence-corrected chi connectivity index (χ1v) is 8.77. The van der Waals surface area contributed by atoms with E-state index in [1.165, 1.54) is 0 Å². The monoisotopic (exact) mass is 349 g/mol. The molecule has 5 heteroatoms. The Kier molecular flexibility index (Phi) is 8.62. The number of rotatable bonds is 9. The average molecular weight is 349 g/mol. The summed E-state index contributed by atoms with van der Waals surface area (Å²) in [4.78, 5) is 23.2. The Hall–Kier alpha value is -1.88. The summed E-state index contributed by atoms with van der Waals surface area (Å²) in [5, 5.41) is 2.63. The van der Waals surface area contributed by atoms with Gasteiger partial charge in [-0.25, -0.2) is 4.79 Å². The Morgan fingerprint density at radius 2 is 1.84 bits per heavy atom. The van der Waals surface area contributed by atoms with E-state index >= 15 is 0 Å². The number of alkyl carbamates (subject to hydrolysis) is 1. The van der Waals surface area contributed by atoms with Gasteiger partial charge in [-0.3, -0.25) is 0 Å². The predicted octanol–water partition coefficient (Wildman–Crippen LogP) is 3.96. The van der Waals surface area contributed by atoms with E-state index in [1.54, 1.807) is 20.8 Å². The number of ether oxygens (including phenoxy) is 2. The number of carbonyl (C=O) groups excluding carboxylic acids is 2. The first kappa shape index (κ1) is 21.2. The van der Waals surface area contributed by atoms with Gasteiger partial charge in [0.15, 0.2) is 0 Å². The highest BCUT2D eigenvalue weighted by Crippen LogP contribution is 2.18. The lowest BCUT2D eigenvalue weighted by molar-refractivity contribution is -0.110. The molecule has 1 aromatic carbocycles. The molecule has 0 saturated carbocycles. The molecule has 0 saturated heterocycles. The molecule has 25 heavy (non-hydrogen) atoms. The fourth-order valence-electron chi connectivity index (χ4n) is 2.37. The van der Waals surface area contributed by atoms with Gasteiger partial charge in [0.25, 0.3) is 0 Å². The van der Waals surface area contributed by atoms with Crippen LogP contribution in [-0.4, -0.2) is 30.6 Å². The van der Waals surface area contributed by atoms with Crippen molar-refractivity contribution in [2.75, 3.05) is 6.61 Å². The van der Waals surface area contributed by atoms with Crippen molar-refractivity contribution >= 4 is 12.4 Å². The van der Waals surface area contributed by atoms with Crippen molar-refractivity contribution < 1.29 is 19.1 Å². The predicted molar refractivity (Wildman–Crippen MR) is 98.3 cm³/mol. The number of hydrogen-bond donors (Lipinski definition) is 1. The third-order valence-corrected chi connectivity index (χ3v) is 3.81. The zero-order chi connectivity index (χ0) is 18.9. The van der Waals surface area contributed by atoms with Gasteiger partial charge in [0.05, 0.1) is 19.3 Å². The zero-order valence-corrected chi connectivity index (χ0v) is 16.0.